The minimum absolute atomic E-state index is 0.606. The number of benzene rings is 1. The van der Waals surface area contributed by atoms with Crippen LogP contribution in [0.3, 0.4) is 0 Å². The number of hydrogen-bond acceptors (Lipinski definition) is 3. The van der Waals surface area contributed by atoms with Crippen molar-refractivity contribution in [1.82, 2.24) is 14.7 Å². The summed E-state index contributed by atoms with van der Waals surface area (Å²) >= 11 is 5.96. The molecule has 3 rings (SSSR count). The van der Waals surface area contributed by atoms with Crippen LogP contribution in [0.15, 0.2) is 35.0 Å². The highest BCUT2D eigenvalue weighted by molar-refractivity contribution is 6.31. The van der Waals surface area contributed by atoms with E-state index in [1.54, 1.807) is 0 Å². The Balaban J connectivity index is 1.95. The molecule has 18 heavy (non-hydrogen) atoms. The summed E-state index contributed by atoms with van der Waals surface area (Å²) in [5, 5.41) is 5.81. The van der Waals surface area contributed by atoms with E-state index in [-0.39, 0.29) is 0 Å². The molecule has 0 radical (unpaired) electrons. The fourth-order valence-corrected chi connectivity index (χ4v) is 2.14. The fraction of sp³-hybridized carbons (Fsp3) is 0.231. The molecule has 0 aliphatic heterocycles. The van der Waals surface area contributed by atoms with E-state index >= 15 is 0 Å². The first-order chi connectivity index (χ1) is 8.76. The maximum Gasteiger partial charge on any atom is 0.226 e. The highest BCUT2D eigenvalue weighted by atomic mass is 35.5. The molecule has 0 saturated carbocycles. The van der Waals surface area contributed by atoms with Crippen molar-refractivity contribution in [2.24, 2.45) is 0 Å². The standard InChI is InChI=1S/C13H12ClN3O/c1-2-13-15-12(16-18-13)8-17-6-5-9-7-10(14)3-4-11(9)17/h3-7H,2,8H2,1H3. The van der Waals surface area contributed by atoms with Crippen LogP contribution in [0, 0.1) is 0 Å². The van der Waals surface area contributed by atoms with Crippen LogP contribution in [0.2, 0.25) is 5.02 Å². The molecule has 0 fully saturated rings. The van der Waals surface area contributed by atoms with Crippen molar-refractivity contribution in [2.45, 2.75) is 19.9 Å². The maximum absolute atomic E-state index is 5.96. The number of fused-ring (bicyclic) bond motifs is 1. The average Bonchev–Trinajstić information content (AvgIpc) is 2.97. The van der Waals surface area contributed by atoms with Gasteiger partial charge < -0.3 is 9.09 Å². The first-order valence-electron chi connectivity index (χ1n) is 5.82. The number of hydrogen-bond donors (Lipinski definition) is 0. The molecule has 0 saturated heterocycles. The molecule has 0 unspecified atom stereocenters. The van der Waals surface area contributed by atoms with Crippen molar-refractivity contribution in [3.63, 3.8) is 0 Å². The summed E-state index contributed by atoms with van der Waals surface area (Å²) in [7, 11) is 0. The Morgan fingerprint density at radius 2 is 2.22 bits per heavy atom. The monoisotopic (exact) mass is 261 g/mol. The van der Waals surface area contributed by atoms with Crippen LogP contribution in [-0.4, -0.2) is 14.7 Å². The second-order valence-electron chi connectivity index (χ2n) is 4.10. The van der Waals surface area contributed by atoms with E-state index < -0.39 is 0 Å². The second-order valence-corrected chi connectivity index (χ2v) is 4.54. The third kappa shape index (κ3) is 1.99. The molecule has 1 aromatic carbocycles. The first-order valence-corrected chi connectivity index (χ1v) is 6.20. The maximum atomic E-state index is 5.96. The molecule has 0 N–H and O–H groups in total. The van der Waals surface area contributed by atoms with Gasteiger partial charge in [0.1, 0.15) is 0 Å². The quantitative estimate of drug-likeness (QED) is 0.727. The molecular weight excluding hydrogens is 250 g/mol. The van der Waals surface area contributed by atoms with Gasteiger partial charge in [-0.25, -0.2) is 0 Å². The minimum atomic E-state index is 0.606. The van der Waals surface area contributed by atoms with Gasteiger partial charge in [-0.3, -0.25) is 0 Å². The smallest absolute Gasteiger partial charge is 0.226 e. The normalized spacial score (nSPS) is 11.2. The van der Waals surface area contributed by atoms with Gasteiger partial charge in [-0.05, 0) is 24.3 Å². The van der Waals surface area contributed by atoms with E-state index in [1.807, 2.05) is 37.4 Å². The molecule has 2 heterocycles. The van der Waals surface area contributed by atoms with Gasteiger partial charge >= 0.3 is 0 Å². The van der Waals surface area contributed by atoms with E-state index in [0.717, 1.165) is 22.3 Å². The van der Waals surface area contributed by atoms with Crippen LogP contribution in [0.25, 0.3) is 10.9 Å². The van der Waals surface area contributed by atoms with Gasteiger partial charge in [0, 0.05) is 28.5 Å². The summed E-state index contributed by atoms with van der Waals surface area (Å²) in [6.07, 6.45) is 2.76. The predicted molar refractivity (Wildman–Crippen MR) is 69.7 cm³/mol. The average molecular weight is 262 g/mol. The summed E-state index contributed by atoms with van der Waals surface area (Å²) in [6, 6.07) is 7.86. The molecule has 4 nitrogen and oxygen atoms in total. The van der Waals surface area contributed by atoms with Gasteiger partial charge in [-0.15, -0.1) is 0 Å². The summed E-state index contributed by atoms with van der Waals surface area (Å²) in [5.41, 5.74) is 1.11. The Hall–Kier alpha value is -1.81. The molecule has 0 atom stereocenters. The lowest BCUT2D eigenvalue weighted by Gasteiger charge is -2.01. The predicted octanol–water partition coefficient (Wildman–Crippen LogP) is 3.29. The van der Waals surface area contributed by atoms with Crippen molar-refractivity contribution in [3.05, 3.63) is 47.2 Å². The second kappa shape index (κ2) is 4.46. The number of nitrogens with zero attached hydrogens (tertiary/aromatic N) is 3. The number of rotatable bonds is 3. The summed E-state index contributed by atoms with van der Waals surface area (Å²) < 4.78 is 7.18. The summed E-state index contributed by atoms with van der Waals surface area (Å²) in [5.74, 6) is 1.36. The van der Waals surface area contributed by atoms with Crippen LogP contribution < -0.4 is 0 Å². The zero-order valence-corrected chi connectivity index (χ0v) is 10.7. The Bertz CT molecular complexity index is 686. The van der Waals surface area contributed by atoms with Gasteiger partial charge in [-0.2, -0.15) is 4.98 Å². The van der Waals surface area contributed by atoms with Crippen LogP contribution in [0.4, 0.5) is 0 Å². The van der Waals surface area contributed by atoms with E-state index in [9.17, 15) is 0 Å². The van der Waals surface area contributed by atoms with Gasteiger partial charge in [0.25, 0.3) is 0 Å². The topological polar surface area (TPSA) is 43.9 Å². The molecule has 0 spiro atoms. The van der Waals surface area contributed by atoms with E-state index in [4.69, 9.17) is 16.1 Å². The van der Waals surface area contributed by atoms with Crippen molar-refractivity contribution >= 4 is 22.5 Å². The van der Waals surface area contributed by atoms with Crippen molar-refractivity contribution in [3.8, 4) is 0 Å². The molecule has 0 aliphatic rings. The Kier molecular flexibility index (Phi) is 2.80. The van der Waals surface area contributed by atoms with Crippen LogP contribution in [-0.2, 0) is 13.0 Å². The van der Waals surface area contributed by atoms with Crippen LogP contribution in [0.1, 0.15) is 18.6 Å². The molecular formula is C13H12ClN3O. The molecule has 0 bridgehead atoms. The Morgan fingerprint density at radius 3 is 3.00 bits per heavy atom. The Morgan fingerprint density at radius 1 is 1.33 bits per heavy atom. The summed E-state index contributed by atoms with van der Waals surface area (Å²) in [4.78, 5) is 4.30. The number of aryl methyl sites for hydroxylation is 1. The molecule has 0 amide bonds. The lowest BCUT2D eigenvalue weighted by Crippen LogP contribution is -1.99. The molecule has 3 aromatic rings. The van der Waals surface area contributed by atoms with Crippen molar-refractivity contribution < 1.29 is 4.52 Å². The van der Waals surface area contributed by atoms with Crippen molar-refractivity contribution in [2.75, 3.05) is 0 Å². The third-order valence-corrected chi connectivity index (χ3v) is 3.09. The minimum Gasteiger partial charge on any atom is -0.340 e. The van der Waals surface area contributed by atoms with Crippen LogP contribution >= 0.6 is 11.6 Å². The zero-order chi connectivity index (χ0) is 12.5. The van der Waals surface area contributed by atoms with Gasteiger partial charge in [0.15, 0.2) is 5.82 Å². The highest BCUT2D eigenvalue weighted by Gasteiger charge is 2.07. The van der Waals surface area contributed by atoms with Gasteiger partial charge in [0.2, 0.25) is 5.89 Å². The third-order valence-electron chi connectivity index (χ3n) is 2.86. The fourth-order valence-electron chi connectivity index (χ4n) is 1.96. The molecule has 5 heteroatoms. The summed E-state index contributed by atoms with van der Waals surface area (Å²) in [6.45, 7) is 2.60. The largest absolute Gasteiger partial charge is 0.340 e. The number of aromatic nitrogens is 3. The first kappa shape index (κ1) is 11.3. The van der Waals surface area contributed by atoms with Crippen molar-refractivity contribution in [1.29, 1.82) is 0 Å². The van der Waals surface area contributed by atoms with E-state index in [2.05, 4.69) is 14.7 Å². The molecule has 0 aliphatic carbocycles. The van der Waals surface area contributed by atoms with Gasteiger partial charge in [0.05, 0.1) is 6.54 Å². The molecule has 2 aromatic heterocycles. The lowest BCUT2D eigenvalue weighted by atomic mass is 10.2. The van der Waals surface area contributed by atoms with E-state index in [0.29, 0.717) is 18.3 Å². The zero-order valence-electron chi connectivity index (χ0n) is 9.93. The SMILES string of the molecule is CCc1nc(Cn2ccc3cc(Cl)ccc32)no1. The van der Waals surface area contributed by atoms with Crippen LogP contribution in [0.5, 0.6) is 0 Å². The number of halogens is 1. The lowest BCUT2D eigenvalue weighted by molar-refractivity contribution is 0.375. The highest BCUT2D eigenvalue weighted by Crippen LogP contribution is 2.21. The molecule has 92 valence electrons. The Labute approximate surface area is 109 Å². The van der Waals surface area contributed by atoms with Gasteiger partial charge in [-0.1, -0.05) is 23.7 Å². The van der Waals surface area contributed by atoms with E-state index in [1.165, 1.54) is 0 Å².